The van der Waals surface area contributed by atoms with E-state index < -0.39 is 12.0 Å². The zero-order valence-electron chi connectivity index (χ0n) is 15.2. The number of amides is 1. The topological polar surface area (TPSA) is 91.6 Å². The van der Waals surface area contributed by atoms with Crippen LogP contribution in [0.2, 0.25) is 0 Å². The SMILES string of the molecule is Cc1nnc2n1CC(C(=O)O)N(CC(=O)N(C)C1CCCCC1C)C2. The second-order valence-corrected chi connectivity index (χ2v) is 7.37. The van der Waals surface area contributed by atoms with Gasteiger partial charge in [-0.1, -0.05) is 19.8 Å². The van der Waals surface area contributed by atoms with Gasteiger partial charge >= 0.3 is 5.97 Å². The van der Waals surface area contributed by atoms with Crippen LogP contribution in [0.1, 0.15) is 44.3 Å². The van der Waals surface area contributed by atoms with Crippen molar-refractivity contribution < 1.29 is 14.7 Å². The second kappa shape index (κ2) is 7.11. The summed E-state index contributed by atoms with van der Waals surface area (Å²) in [6.45, 7) is 4.72. The van der Waals surface area contributed by atoms with Gasteiger partial charge < -0.3 is 14.6 Å². The van der Waals surface area contributed by atoms with Gasteiger partial charge in [0.1, 0.15) is 17.7 Å². The molecule has 2 aliphatic rings. The lowest BCUT2D eigenvalue weighted by Gasteiger charge is -2.38. The summed E-state index contributed by atoms with van der Waals surface area (Å²) in [5, 5.41) is 17.7. The van der Waals surface area contributed by atoms with E-state index in [-0.39, 0.29) is 25.0 Å². The van der Waals surface area contributed by atoms with Gasteiger partial charge in [-0.15, -0.1) is 10.2 Å². The fraction of sp³-hybridized carbons (Fsp3) is 0.765. The predicted molar refractivity (Wildman–Crippen MR) is 90.8 cm³/mol. The molecule has 1 amide bonds. The zero-order chi connectivity index (χ0) is 18.1. The van der Waals surface area contributed by atoms with E-state index in [1.807, 2.05) is 23.4 Å². The first kappa shape index (κ1) is 17.8. The van der Waals surface area contributed by atoms with Crippen LogP contribution >= 0.6 is 0 Å². The van der Waals surface area contributed by atoms with Crippen molar-refractivity contribution in [3.63, 3.8) is 0 Å². The lowest BCUT2D eigenvalue weighted by Crippen LogP contribution is -2.53. The summed E-state index contributed by atoms with van der Waals surface area (Å²) in [7, 11) is 1.85. The molecule has 1 aromatic rings. The van der Waals surface area contributed by atoms with Gasteiger partial charge in [0.25, 0.3) is 0 Å². The fourth-order valence-corrected chi connectivity index (χ4v) is 4.10. The number of aromatic nitrogens is 3. The standard InChI is InChI=1S/C17H27N5O3/c1-11-6-4-5-7-13(11)20(3)16(23)10-21-9-15-19-18-12(2)22(15)8-14(21)17(24)25/h11,13-14H,4-10H2,1-3H3,(H,24,25). The largest absolute Gasteiger partial charge is 0.480 e. The number of fused-ring (bicyclic) bond motifs is 1. The molecule has 3 unspecified atom stereocenters. The van der Waals surface area contributed by atoms with E-state index in [0.717, 1.165) is 25.1 Å². The summed E-state index contributed by atoms with van der Waals surface area (Å²) in [5.74, 6) is 0.983. The summed E-state index contributed by atoms with van der Waals surface area (Å²) in [5.41, 5.74) is 0. The molecule has 138 valence electrons. The Labute approximate surface area is 147 Å². The fourth-order valence-electron chi connectivity index (χ4n) is 4.10. The molecule has 25 heavy (non-hydrogen) atoms. The number of carbonyl (C=O) groups is 2. The molecule has 3 atom stereocenters. The third kappa shape index (κ3) is 3.53. The smallest absolute Gasteiger partial charge is 0.322 e. The molecule has 0 bridgehead atoms. The molecule has 1 aliphatic carbocycles. The van der Waals surface area contributed by atoms with Crippen molar-refractivity contribution in [1.29, 1.82) is 0 Å². The zero-order valence-corrected chi connectivity index (χ0v) is 15.2. The van der Waals surface area contributed by atoms with Crippen LogP contribution in [0.5, 0.6) is 0 Å². The highest BCUT2D eigenvalue weighted by Crippen LogP contribution is 2.28. The molecule has 3 rings (SSSR count). The van der Waals surface area contributed by atoms with Gasteiger partial charge in [-0.3, -0.25) is 14.5 Å². The molecule has 1 fully saturated rings. The number of rotatable bonds is 4. The van der Waals surface area contributed by atoms with E-state index in [4.69, 9.17) is 0 Å². The predicted octanol–water partition coefficient (Wildman–Crippen LogP) is 0.892. The molecule has 1 N–H and O–H groups in total. The van der Waals surface area contributed by atoms with E-state index in [1.165, 1.54) is 6.42 Å². The highest BCUT2D eigenvalue weighted by atomic mass is 16.4. The first-order valence-corrected chi connectivity index (χ1v) is 8.99. The maximum Gasteiger partial charge on any atom is 0.322 e. The van der Waals surface area contributed by atoms with Crippen molar-refractivity contribution in [2.75, 3.05) is 13.6 Å². The number of carboxylic acids is 1. The average Bonchev–Trinajstić information content (AvgIpc) is 2.94. The first-order chi connectivity index (χ1) is 11.9. The van der Waals surface area contributed by atoms with Gasteiger partial charge in [0.15, 0.2) is 0 Å². The normalized spacial score (nSPS) is 26.9. The minimum atomic E-state index is -0.916. The van der Waals surface area contributed by atoms with E-state index in [2.05, 4.69) is 17.1 Å². The number of nitrogens with zero attached hydrogens (tertiary/aromatic N) is 5. The molecular weight excluding hydrogens is 322 g/mol. The molecule has 0 aromatic carbocycles. The van der Waals surface area contributed by atoms with Crippen molar-refractivity contribution in [1.82, 2.24) is 24.6 Å². The summed E-state index contributed by atoms with van der Waals surface area (Å²) >= 11 is 0. The van der Waals surface area contributed by atoms with Crippen molar-refractivity contribution in [2.24, 2.45) is 5.92 Å². The number of hydrogen-bond donors (Lipinski definition) is 1. The summed E-state index contributed by atoms with van der Waals surface area (Å²) in [6, 6.07) is -0.483. The number of hydrogen-bond acceptors (Lipinski definition) is 5. The van der Waals surface area contributed by atoms with Gasteiger partial charge in [0.05, 0.1) is 19.6 Å². The quantitative estimate of drug-likeness (QED) is 0.868. The minimum Gasteiger partial charge on any atom is -0.480 e. The molecule has 8 nitrogen and oxygen atoms in total. The Kier molecular flexibility index (Phi) is 5.08. The Balaban J connectivity index is 1.71. The minimum absolute atomic E-state index is 0.0188. The molecule has 1 aromatic heterocycles. The van der Waals surface area contributed by atoms with Crippen LogP contribution in [-0.4, -0.2) is 67.2 Å². The summed E-state index contributed by atoms with van der Waals surface area (Å²) in [6.07, 6.45) is 4.55. The number of likely N-dealkylation sites (N-methyl/N-ethyl adjacent to an activating group) is 1. The van der Waals surface area contributed by atoms with Gasteiger partial charge in [-0.2, -0.15) is 0 Å². The molecule has 8 heteroatoms. The van der Waals surface area contributed by atoms with Crippen LogP contribution < -0.4 is 0 Å². The maximum atomic E-state index is 12.8. The third-order valence-corrected chi connectivity index (χ3v) is 5.73. The molecule has 0 spiro atoms. The van der Waals surface area contributed by atoms with Crippen LogP contribution in [0, 0.1) is 12.8 Å². The van der Waals surface area contributed by atoms with Gasteiger partial charge in [0.2, 0.25) is 5.91 Å². The van der Waals surface area contributed by atoms with E-state index in [1.54, 1.807) is 4.90 Å². The van der Waals surface area contributed by atoms with Crippen molar-refractivity contribution >= 4 is 11.9 Å². The average molecular weight is 349 g/mol. The van der Waals surface area contributed by atoms with Gasteiger partial charge in [0, 0.05) is 13.1 Å². The molecule has 1 saturated carbocycles. The van der Waals surface area contributed by atoms with Crippen molar-refractivity contribution in [3.8, 4) is 0 Å². The highest BCUT2D eigenvalue weighted by molar-refractivity contribution is 5.80. The Morgan fingerprint density at radius 3 is 2.68 bits per heavy atom. The number of aryl methyl sites for hydroxylation is 1. The number of carbonyl (C=O) groups excluding carboxylic acids is 1. The van der Waals surface area contributed by atoms with Crippen molar-refractivity contribution in [2.45, 2.75) is 64.7 Å². The Hall–Kier alpha value is -1.96. The second-order valence-electron chi connectivity index (χ2n) is 7.37. The van der Waals surface area contributed by atoms with Crippen LogP contribution in [0.4, 0.5) is 0 Å². The van der Waals surface area contributed by atoms with E-state index in [9.17, 15) is 14.7 Å². The Morgan fingerprint density at radius 1 is 1.28 bits per heavy atom. The lowest BCUT2D eigenvalue weighted by atomic mass is 9.85. The highest BCUT2D eigenvalue weighted by Gasteiger charge is 2.36. The van der Waals surface area contributed by atoms with Crippen LogP contribution in [0.15, 0.2) is 0 Å². The molecule has 0 saturated heterocycles. The van der Waals surface area contributed by atoms with E-state index >= 15 is 0 Å². The van der Waals surface area contributed by atoms with E-state index in [0.29, 0.717) is 18.3 Å². The van der Waals surface area contributed by atoms with Crippen molar-refractivity contribution in [3.05, 3.63) is 11.6 Å². The maximum absolute atomic E-state index is 12.8. The summed E-state index contributed by atoms with van der Waals surface area (Å²) in [4.78, 5) is 28.0. The lowest BCUT2D eigenvalue weighted by molar-refractivity contribution is -0.147. The molecule has 1 aliphatic heterocycles. The Morgan fingerprint density at radius 2 is 2.00 bits per heavy atom. The number of aliphatic carboxylic acids is 1. The third-order valence-electron chi connectivity index (χ3n) is 5.73. The van der Waals surface area contributed by atoms with Crippen LogP contribution in [0.25, 0.3) is 0 Å². The molecular formula is C17H27N5O3. The van der Waals surface area contributed by atoms with Gasteiger partial charge in [-0.05, 0) is 25.7 Å². The first-order valence-electron chi connectivity index (χ1n) is 8.99. The number of carboxylic acid groups (broad SMARTS) is 1. The molecule has 0 radical (unpaired) electrons. The molecule has 2 heterocycles. The van der Waals surface area contributed by atoms with Crippen LogP contribution in [-0.2, 0) is 22.7 Å². The van der Waals surface area contributed by atoms with Gasteiger partial charge in [-0.25, -0.2) is 0 Å². The summed E-state index contributed by atoms with van der Waals surface area (Å²) < 4.78 is 1.83. The monoisotopic (exact) mass is 349 g/mol. The Bertz CT molecular complexity index is 659. The van der Waals surface area contributed by atoms with Crippen LogP contribution in [0.3, 0.4) is 0 Å².